The Morgan fingerprint density at radius 1 is 1.12 bits per heavy atom. The molecule has 0 saturated heterocycles. The summed E-state index contributed by atoms with van der Waals surface area (Å²) < 4.78 is 56.1. The molecule has 34 heavy (non-hydrogen) atoms. The minimum Gasteiger partial charge on any atom is -0.252 e. The second kappa shape index (κ2) is 10.1. The minimum atomic E-state index is -4.60. The minimum absolute atomic E-state index is 0.284. The topological polar surface area (TPSA) is 81.1 Å². The van der Waals surface area contributed by atoms with E-state index in [1.807, 2.05) is 19.1 Å². The quantitative estimate of drug-likeness (QED) is 0.297. The van der Waals surface area contributed by atoms with Gasteiger partial charge in [-0.3, -0.25) is 4.78 Å². The predicted molar refractivity (Wildman–Crippen MR) is 127 cm³/mol. The van der Waals surface area contributed by atoms with Crippen molar-refractivity contribution in [1.29, 1.82) is 10.0 Å². The normalized spacial score (nSPS) is 13.2. The van der Waals surface area contributed by atoms with Crippen LogP contribution in [0.5, 0.6) is 0 Å². The number of halogens is 3. The van der Waals surface area contributed by atoms with E-state index in [0.29, 0.717) is 29.2 Å². The third-order valence-corrected chi connectivity index (χ3v) is 7.29. The van der Waals surface area contributed by atoms with Gasteiger partial charge in [0.25, 0.3) is 0 Å². The molecule has 1 heterocycles. The van der Waals surface area contributed by atoms with Gasteiger partial charge < -0.3 is 0 Å². The Bertz CT molecular complexity index is 1330. The van der Waals surface area contributed by atoms with Crippen LogP contribution in [0, 0.1) is 23.2 Å². The van der Waals surface area contributed by atoms with Crippen LogP contribution in [0.15, 0.2) is 89.2 Å². The second-order valence-corrected chi connectivity index (χ2v) is 9.62. The Morgan fingerprint density at radius 2 is 1.71 bits per heavy atom. The van der Waals surface area contributed by atoms with Crippen molar-refractivity contribution in [3.8, 4) is 23.1 Å². The van der Waals surface area contributed by atoms with Crippen LogP contribution < -0.4 is 0 Å². The zero-order valence-corrected chi connectivity index (χ0v) is 19.3. The Hall–Kier alpha value is -3.68. The van der Waals surface area contributed by atoms with Crippen LogP contribution in [0.4, 0.5) is 13.2 Å². The number of nitrogens with zero attached hydrogens (tertiary/aromatic N) is 5. The van der Waals surface area contributed by atoms with E-state index in [1.165, 1.54) is 4.68 Å². The van der Waals surface area contributed by atoms with Crippen LogP contribution in [0.25, 0.3) is 16.9 Å². The number of hydrogen-bond acceptors (Lipinski definition) is 4. The van der Waals surface area contributed by atoms with Crippen molar-refractivity contribution in [2.24, 2.45) is 4.36 Å². The molecule has 0 spiro atoms. The Morgan fingerprint density at radius 3 is 2.21 bits per heavy atom. The number of aryl methyl sites for hydroxylation is 1. The molecule has 176 valence electrons. The number of hydrogen-bond donors (Lipinski definition) is 1. The van der Waals surface area contributed by atoms with Gasteiger partial charge in [-0.1, -0.05) is 42.0 Å². The lowest BCUT2D eigenvalue weighted by Crippen LogP contribution is -2.30. The largest absolute Gasteiger partial charge is 0.435 e. The van der Waals surface area contributed by atoms with Gasteiger partial charge in [0.15, 0.2) is 5.69 Å². The second-order valence-electron chi connectivity index (χ2n) is 7.35. The molecule has 0 fully saturated rings. The van der Waals surface area contributed by atoms with Crippen molar-refractivity contribution in [3.63, 3.8) is 0 Å². The van der Waals surface area contributed by atoms with Gasteiger partial charge in [0.2, 0.25) is 6.19 Å². The first-order valence-corrected chi connectivity index (χ1v) is 11.7. The molecule has 1 N–H and O–H groups in total. The number of nitrogens with one attached hydrogen (secondary N) is 1. The van der Waals surface area contributed by atoms with Crippen LogP contribution in [-0.2, 0) is 16.0 Å². The van der Waals surface area contributed by atoms with Crippen LogP contribution in [0.3, 0.4) is 0 Å². The van der Waals surface area contributed by atoms with Gasteiger partial charge in [0.05, 0.1) is 11.4 Å². The molecule has 2 aromatic carbocycles. The molecule has 1 aromatic heterocycles. The Labute approximate surface area is 197 Å². The average molecular weight is 485 g/mol. The van der Waals surface area contributed by atoms with Gasteiger partial charge >= 0.3 is 6.18 Å². The summed E-state index contributed by atoms with van der Waals surface area (Å²) in [4.78, 5) is 0.446. The molecule has 0 aliphatic rings. The van der Waals surface area contributed by atoms with Crippen molar-refractivity contribution >= 4 is 9.81 Å². The van der Waals surface area contributed by atoms with Gasteiger partial charge in [-0.05, 0) is 37.3 Å². The van der Waals surface area contributed by atoms with E-state index >= 15 is 0 Å². The summed E-state index contributed by atoms with van der Waals surface area (Å²) in [6.45, 7) is 9.90. The highest BCUT2D eigenvalue weighted by atomic mass is 32.2. The van der Waals surface area contributed by atoms with E-state index < -0.39 is 21.7 Å². The zero-order valence-electron chi connectivity index (χ0n) is 18.5. The van der Waals surface area contributed by atoms with Gasteiger partial charge in [0, 0.05) is 33.4 Å². The smallest absolute Gasteiger partial charge is 0.252 e. The van der Waals surface area contributed by atoms with E-state index in [4.69, 9.17) is 4.78 Å². The maximum absolute atomic E-state index is 13.5. The lowest BCUT2D eigenvalue weighted by atomic mass is 10.1. The summed E-state index contributed by atoms with van der Waals surface area (Å²) in [5.74, 6) is 0. The SMILES string of the molecule is C=CCN(CC=C)S(=N)(=NC#N)c1ccc(-n2nc(C(F)(F)F)cc2-c2ccc(C)cc2)cc1. The van der Waals surface area contributed by atoms with E-state index in [-0.39, 0.29) is 5.69 Å². The monoisotopic (exact) mass is 484 g/mol. The van der Waals surface area contributed by atoms with Gasteiger partial charge in [0.1, 0.15) is 0 Å². The van der Waals surface area contributed by atoms with E-state index in [0.717, 1.165) is 11.6 Å². The molecule has 3 rings (SSSR count). The molecule has 1 atom stereocenters. The van der Waals surface area contributed by atoms with E-state index in [1.54, 1.807) is 59.0 Å². The predicted octanol–water partition coefficient (Wildman–Crippen LogP) is 6.40. The third-order valence-electron chi connectivity index (χ3n) is 4.97. The molecule has 0 radical (unpaired) electrons. The summed E-state index contributed by atoms with van der Waals surface area (Å²) in [6.07, 6.45) is 0.340. The highest BCUT2D eigenvalue weighted by molar-refractivity contribution is 7.92. The first-order chi connectivity index (χ1) is 16.1. The maximum atomic E-state index is 13.5. The van der Waals surface area contributed by atoms with Crippen molar-refractivity contribution < 1.29 is 13.2 Å². The van der Waals surface area contributed by atoms with Gasteiger partial charge in [-0.25, -0.2) is 8.99 Å². The summed E-state index contributed by atoms with van der Waals surface area (Å²) in [5.41, 5.74) is 1.23. The molecule has 3 aromatic rings. The zero-order chi connectivity index (χ0) is 24.9. The molecule has 0 aliphatic heterocycles. The average Bonchev–Trinajstić information content (AvgIpc) is 3.26. The Balaban J connectivity index is 2.13. The van der Waals surface area contributed by atoms with Crippen molar-refractivity contribution in [2.75, 3.05) is 13.1 Å². The number of aromatic nitrogens is 2. The lowest BCUT2D eigenvalue weighted by Gasteiger charge is -2.26. The summed E-state index contributed by atoms with van der Waals surface area (Å²) in [6, 6.07) is 14.5. The molecule has 0 bridgehead atoms. The highest BCUT2D eigenvalue weighted by Gasteiger charge is 2.35. The Kier molecular flexibility index (Phi) is 7.39. The van der Waals surface area contributed by atoms with E-state index in [9.17, 15) is 18.4 Å². The lowest BCUT2D eigenvalue weighted by molar-refractivity contribution is -0.141. The number of benzene rings is 2. The van der Waals surface area contributed by atoms with Crippen molar-refractivity contribution in [1.82, 2.24) is 14.1 Å². The fraction of sp³-hybridized carbons (Fsp3) is 0.167. The van der Waals surface area contributed by atoms with Crippen LogP contribution in [0.2, 0.25) is 0 Å². The van der Waals surface area contributed by atoms with Gasteiger partial charge in [-0.2, -0.15) is 23.5 Å². The molecule has 6 nitrogen and oxygen atoms in total. The fourth-order valence-electron chi connectivity index (χ4n) is 3.32. The number of alkyl halides is 3. The van der Waals surface area contributed by atoms with Crippen molar-refractivity contribution in [2.45, 2.75) is 18.0 Å². The summed E-state index contributed by atoms with van der Waals surface area (Å²) in [5, 5.41) is 13.0. The molecule has 0 aliphatic carbocycles. The van der Waals surface area contributed by atoms with Crippen LogP contribution >= 0.6 is 0 Å². The number of nitriles is 1. The van der Waals surface area contributed by atoms with Gasteiger partial charge in [-0.15, -0.1) is 17.5 Å². The molecule has 1 unspecified atom stereocenters. The fourth-order valence-corrected chi connectivity index (χ4v) is 5.12. The number of rotatable bonds is 8. The summed E-state index contributed by atoms with van der Waals surface area (Å²) in [7, 11) is -2.82. The highest BCUT2D eigenvalue weighted by Crippen LogP contribution is 2.33. The molecular formula is C24H23F3N6S. The van der Waals surface area contributed by atoms with Crippen molar-refractivity contribution in [3.05, 3.63) is 91.2 Å². The van der Waals surface area contributed by atoms with Crippen LogP contribution in [0.1, 0.15) is 11.3 Å². The molecule has 0 saturated carbocycles. The molecule has 0 amide bonds. The maximum Gasteiger partial charge on any atom is 0.435 e. The first-order valence-electron chi connectivity index (χ1n) is 10.1. The van der Waals surface area contributed by atoms with E-state index in [2.05, 4.69) is 22.6 Å². The van der Waals surface area contributed by atoms with Crippen LogP contribution in [-0.4, -0.2) is 27.2 Å². The third kappa shape index (κ3) is 5.11. The molecular weight excluding hydrogens is 461 g/mol. The standard InChI is InChI=1S/C24H23F3N6S/c1-4-14-32(15-5-2)34(29,30-17-28)21-12-10-20(11-13-21)33-22(16-23(31-33)24(25,26)27)19-8-6-18(3)7-9-19/h4-13,16,29H,1-2,14-15H2,3H3. The first kappa shape index (κ1) is 25.0. The molecule has 10 heteroatoms. The summed E-state index contributed by atoms with van der Waals surface area (Å²) >= 11 is 0.